The average Bonchev–Trinajstić information content (AvgIpc) is 2.47. The number of carbonyl (C=O) groups excluding carboxylic acids is 1. The molecule has 2 fully saturated rings. The topological polar surface area (TPSA) is 29.5 Å². The maximum atomic E-state index is 13.7. The smallest absolute Gasteiger partial charge is 0.165 e. The van der Waals surface area contributed by atoms with Crippen LogP contribution in [-0.4, -0.2) is 36.9 Å². The Kier molecular flexibility index (Phi) is 4.48. The first kappa shape index (κ1) is 15.5. The van der Waals surface area contributed by atoms with E-state index in [0.29, 0.717) is 18.5 Å². The Morgan fingerprint density at radius 3 is 2.59 bits per heavy atom. The summed E-state index contributed by atoms with van der Waals surface area (Å²) in [5.41, 5.74) is 0.743. The van der Waals surface area contributed by atoms with Gasteiger partial charge in [-0.15, -0.1) is 0 Å². The Morgan fingerprint density at radius 2 is 2.00 bits per heavy atom. The summed E-state index contributed by atoms with van der Waals surface area (Å²) in [5.74, 6) is 0.226. The first-order chi connectivity index (χ1) is 10.6. The molecule has 0 amide bonds. The molecule has 0 aromatic heterocycles. The van der Waals surface area contributed by atoms with E-state index in [-0.39, 0.29) is 17.5 Å². The van der Waals surface area contributed by atoms with E-state index in [1.54, 1.807) is 12.1 Å². The number of halogens is 1. The quantitative estimate of drug-likeness (QED) is 0.855. The maximum Gasteiger partial charge on any atom is 0.165 e. The summed E-state index contributed by atoms with van der Waals surface area (Å²) < 4.78 is 18.7. The van der Waals surface area contributed by atoms with E-state index in [4.69, 9.17) is 4.74 Å². The zero-order valence-corrected chi connectivity index (χ0v) is 13.3. The number of nitrogens with zero attached hydrogens (tertiary/aromatic N) is 1. The van der Waals surface area contributed by atoms with Gasteiger partial charge in [0.05, 0.1) is 7.11 Å². The fraction of sp³-hybridized carbons (Fsp3) is 0.611. The Bertz CT molecular complexity index is 546. The third-order valence-electron chi connectivity index (χ3n) is 5.39. The minimum Gasteiger partial charge on any atom is -0.494 e. The molecule has 0 N–H and O–H groups in total. The number of ether oxygens (including phenoxy) is 1. The van der Waals surface area contributed by atoms with Gasteiger partial charge in [-0.2, -0.15) is 0 Å². The molecule has 22 heavy (non-hydrogen) atoms. The maximum absolute atomic E-state index is 13.7. The highest BCUT2D eigenvalue weighted by molar-refractivity contribution is 5.83. The minimum atomic E-state index is -0.395. The molecule has 0 aliphatic carbocycles. The van der Waals surface area contributed by atoms with E-state index in [0.717, 1.165) is 18.4 Å². The second kappa shape index (κ2) is 6.37. The van der Waals surface area contributed by atoms with Gasteiger partial charge in [0.1, 0.15) is 5.78 Å². The Hall–Kier alpha value is -1.42. The van der Waals surface area contributed by atoms with Crippen LogP contribution in [0.15, 0.2) is 18.2 Å². The molecule has 1 aromatic carbocycles. The van der Waals surface area contributed by atoms with Gasteiger partial charge in [0.2, 0.25) is 0 Å². The van der Waals surface area contributed by atoms with Crippen molar-refractivity contribution in [2.24, 2.45) is 5.92 Å². The van der Waals surface area contributed by atoms with Crippen LogP contribution in [0.25, 0.3) is 0 Å². The number of Topliss-reactive ketones (excluding diaryl/α,β-unsaturated/α-hetero) is 1. The summed E-state index contributed by atoms with van der Waals surface area (Å²) in [6, 6.07) is 5.91. The number of piperidine rings is 2. The second-order valence-electron chi connectivity index (χ2n) is 6.68. The fourth-order valence-electron chi connectivity index (χ4n) is 4.04. The van der Waals surface area contributed by atoms with Crippen LogP contribution in [-0.2, 0) is 11.2 Å². The molecule has 2 aliphatic heterocycles. The van der Waals surface area contributed by atoms with Gasteiger partial charge in [0.25, 0.3) is 0 Å². The number of hydrogen-bond acceptors (Lipinski definition) is 3. The zero-order valence-electron chi connectivity index (χ0n) is 13.3. The first-order valence-corrected chi connectivity index (χ1v) is 8.15. The Labute approximate surface area is 131 Å². The minimum absolute atomic E-state index is 0.136. The molecule has 2 bridgehead atoms. The van der Waals surface area contributed by atoms with Crippen LogP contribution in [0.3, 0.4) is 0 Å². The van der Waals surface area contributed by atoms with E-state index in [1.807, 2.05) is 0 Å². The predicted octanol–water partition coefficient (Wildman–Crippen LogP) is 3.21. The number of ketones is 1. The van der Waals surface area contributed by atoms with E-state index in [1.165, 1.54) is 32.4 Å². The van der Waals surface area contributed by atoms with E-state index >= 15 is 0 Å². The summed E-state index contributed by atoms with van der Waals surface area (Å²) in [7, 11) is 3.63. The van der Waals surface area contributed by atoms with Crippen molar-refractivity contribution in [3.63, 3.8) is 0 Å². The molecule has 0 radical (unpaired) electrons. The molecule has 2 aliphatic rings. The fourth-order valence-corrected chi connectivity index (χ4v) is 4.04. The predicted molar refractivity (Wildman–Crippen MR) is 83.6 cm³/mol. The van der Waals surface area contributed by atoms with Crippen molar-refractivity contribution in [2.45, 2.75) is 50.6 Å². The SMILES string of the molecule is COc1ccc(CC(=O)C2CC3CCCC(C2)N3C)cc1F. The number of fused-ring (bicyclic) bond motifs is 2. The van der Waals surface area contributed by atoms with Gasteiger partial charge in [-0.3, -0.25) is 4.79 Å². The number of methoxy groups -OCH3 is 1. The monoisotopic (exact) mass is 305 g/mol. The third-order valence-corrected chi connectivity index (χ3v) is 5.39. The van der Waals surface area contributed by atoms with Gasteiger partial charge < -0.3 is 9.64 Å². The molecular weight excluding hydrogens is 281 g/mol. The van der Waals surface area contributed by atoms with Crippen LogP contribution >= 0.6 is 0 Å². The molecule has 120 valence electrons. The highest BCUT2D eigenvalue weighted by atomic mass is 19.1. The van der Waals surface area contributed by atoms with Crippen molar-refractivity contribution in [3.05, 3.63) is 29.6 Å². The van der Waals surface area contributed by atoms with Crippen molar-refractivity contribution in [2.75, 3.05) is 14.2 Å². The summed E-state index contributed by atoms with van der Waals surface area (Å²) in [6.07, 6.45) is 5.94. The van der Waals surface area contributed by atoms with Gasteiger partial charge in [0, 0.05) is 24.4 Å². The molecule has 2 saturated heterocycles. The second-order valence-corrected chi connectivity index (χ2v) is 6.68. The third kappa shape index (κ3) is 3.02. The summed E-state index contributed by atoms with van der Waals surface area (Å²) in [6.45, 7) is 0. The van der Waals surface area contributed by atoms with Gasteiger partial charge >= 0.3 is 0 Å². The van der Waals surface area contributed by atoms with Crippen LogP contribution in [0, 0.1) is 11.7 Å². The van der Waals surface area contributed by atoms with Crippen molar-refractivity contribution in [1.82, 2.24) is 4.90 Å². The lowest BCUT2D eigenvalue weighted by Gasteiger charge is -2.46. The van der Waals surface area contributed by atoms with Crippen LogP contribution in [0.4, 0.5) is 4.39 Å². The lowest BCUT2D eigenvalue weighted by Crippen LogP contribution is -2.51. The summed E-state index contributed by atoms with van der Waals surface area (Å²) in [4.78, 5) is 15.1. The molecule has 3 nitrogen and oxygen atoms in total. The molecule has 0 saturated carbocycles. The molecular formula is C18H24FNO2. The molecule has 4 heteroatoms. The first-order valence-electron chi connectivity index (χ1n) is 8.15. The molecule has 2 heterocycles. The lowest BCUT2D eigenvalue weighted by molar-refractivity contribution is -0.125. The van der Waals surface area contributed by atoms with Gasteiger partial charge in [-0.25, -0.2) is 4.39 Å². The van der Waals surface area contributed by atoms with Crippen LogP contribution in [0.1, 0.15) is 37.7 Å². The molecule has 0 spiro atoms. The van der Waals surface area contributed by atoms with Crippen molar-refractivity contribution in [3.8, 4) is 5.75 Å². The summed E-state index contributed by atoms with van der Waals surface area (Å²) in [5, 5.41) is 0. The van der Waals surface area contributed by atoms with E-state index < -0.39 is 5.82 Å². The number of benzene rings is 1. The zero-order chi connectivity index (χ0) is 15.7. The standard InChI is InChI=1S/C18H24FNO2/c1-20-14-4-3-5-15(20)11-13(10-14)17(21)9-12-6-7-18(22-2)16(19)8-12/h6-8,13-15H,3-5,9-11H2,1-2H3. The van der Waals surface area contributed by atoms with Crippen molar-refractivity contribution >= 4 is 5.78 Å². The lowest BCUT2D eigenvalue weighted by atomic mass is 9.76. The van der Waals surface area contributed by atoms with Gasteiger partial charge in [-0.05, 0) is 50.4 Å². The highest BCUT2D eigenvalue weighted by Gasteiger charge is 2.38. The van der Waals surface area contributed by atoms with Crippen LogP contribution < -0.4 is 4.74 Å². The largest absolute Gasteiger partial charge is 0.494 e. The normalized spacial score (nSPS) is 28.4. The molecule has 3 rings (SSSR count). The van der Waals surface area contributed by atoms with Gasteiger partial charge in [-0.1, -0.05) is 12.5 Å². The summed E-state index contributed by atoms with van der Waals surface area (Å²) >= 11 is 0. The van der Waals surface area contributed by atoms with Crippen molar-refractivity contribution < 1.29 is 13.9 Å². The van der Waals surface area contributed by atoms with Crippen molar-refractivity contribution in [1.29, 1.82) is 0 Å². The van der Waals surface area contributed by atoms with E-state index in [9.17, 15) is 9.18 Å². The Morgan fingerprint density at radius 1 is 1.32 bits per heavy atom. The van der Waals surface area contributed by atoms with Gasteiger partial charge in [0.15, 0.2) is 11.6 Å². The number of carbonyl (C=O) groups is 1. The molecule has 1 aromatic rings. The van der Waals surface area contributed by atoms with E-state index in [2.05, 4.69) is 11.9 Å². The molecule has 2 unspecified atom stereocenters. The number of hydrogen-bond donors (Lipinski definition) is 0. The van der Waals surface area contributed by atoms with Crippen LogP contribution in [0.5, 0.6) is 5.75 Å². The number of rotatable bonds is 4. The average molecular weight is 305 g/mol. The Balaban J connectivity index is 1.66. The molecule has 2 atom stereocenters. The van der Waals surface area contributed by atoms with Crippen LogP contribution in [0.2, 0.25) is 0 Å². The highest BCUT2D eigenvalue weighted by Crippen LogP contribution is 2.36.